The Morgan fingerprint density at radius 3 is 2.71 bits per heavy atom. The zero-order valence-electron chi connectivity index (χ0n) is 12.3. The second-order valence-corrected chi connectivity index (χ2v) is 5.52. The van der Waals surface area contributed by atoms with Crippen LogP contribution < -0.4 is 5.73 Å². The quantitative estimate of drug-likeness (QED) is 0.837. The molecular weight excluding hydrogens is 349 g/mol. The minimum atomic E-state index is -4.50. The first-order valence-corrected chi connectivity index (χ1v) is 7.31. The van der Waals surface area contributed by atoms with Crippen molar-refractivity contribution in [2.24, 2.45) is 5.73 Å². The summed E-state index contributed by atoms with van der Waals surface area (Å²) in [5, 5.41) is 0.0871. The molecule has 1 unspecified atom stereocenters. The number of carbonyl (C=O) groups is 2. The number of carbonyl (C=O) groups excluding carboxylic acids is 2. The van der Waals surface area contributed by atoms with E-state index < -0.39 is 29.7 Å². The van der Waals surface area contributed by atoms with Crippen molar-refractivity contribution in [2.45, 2.75) is 12.3 Å². The van der Waals surface area contributed by atoms with Crippen LogP contribution in [-0.2, 0) is 20.5 Å². The van der Waals surface area contributed by atoms with Crippen molar-refractivity contribution in [3.8, 4) is 0 Å². The molecule has 1 saturated heterocycles. The summed E-state index contributed by atoms with van der Waals surface area (Å²) in [6.45, 7) is 0.398. The molecule has 1 aliphatic rings. The molecule has 24 heavy (non-hydrogen) atoms. The maximum atomic E-state index is 12.7. The summed E-state index contributed by atoms with van der Waals surface area (Å²) in [7, 11) is 0. The standard InChI is InChI=1S/C15H14ClF3N2O3/c16-11-3-2-10(15(17,18)19)7-9(11)1-4-13(22)21-5-6-24-12(8-21)14(20)23/h1-4,7,12H,5-6,8H2,(H2,20,23). The number of ether oxygens (including phenoxy) is 1. The lowest BCUT2D eigenvalue weighted by atomic mass is 10.1. The molecule has 1 atom stereocenters. The Kier molecular flexibility index (Phi) is 5.51. The number of benzene rings is 1. The average molecular weight is 363 g/mol. The molecule has 0 aromatic heterocycles. The molecule has 2 rings (SSSR count). The summed E-state index contributed by atoms with van der Waals surface area (Å²) in [5.41, 5.74) is 4.34. The summed E-state index contributed by atoms with van der Waals surface area (Å²) >= 11 is 5.86. The topological polar surface area (TPSA) is 72.6 Å². The highest BCUT2D eigenvalue weighted by molar-refractivity contribution is 6.32. The molecule has 1 fully saturated rings. The molecule has 0 saturated carbocycles. The number of hydrogen-bond donors (Lipinski definition) is 1. The van der Waals surface area contributed by atoms with Gasteiger partial charge in [-0.05, 0) is 29.8 Å². The Morgan fingerprint density at radius 2 is 2.08 bits per heavy atom. The normalized spacial score (nSPS) is 18.8. The van der Waals surface area contributed by atoms with E-state index in [0.717, 1.165) is 24.3 Å². The largest absolute Gasteiger partial charge is 0.416 e. The Bertz CT molecular complexity index is 676. The van der Waals surface area contributed by atoms with Gasteiger partial charge in [-0.2, -0.15) is 13.2 Å². The van der Waals surface area contributed by atoms with E-state index in [4.69, 9.17) is 22.1 Å². The number of nitrogens with two attached hydrogens (primary N) is 1. The monoisotopic (exact) mass is 362 g/mol. The highest BCUT2D eigenvalue weighted by atomic mass is 35.5. The molecule has 130 valence electrons. The number of alkyl halides is 3. The van der Waals surface area contributed by atoms with Gasteiger partial charge >= 0.3 is 6.18 Å². The molecule has 0 radical (unpaired) electrons. The summed E-state index contributed by atoms with van der Waals surface area (Å²) < 4.78 is 43.2. The van der Waals surface area contributed by atoms with E-state index in [1.165, 1.54) is 11.0 Å². The van der Waals surface area contributed by atoms with Gasteiger partial charge in [-0.1, -0.05) is 11.6 Å². The third-order valence-corrected chi connectivity index (χ3v) is 3.77. The third-order valence-electron chi connectivity index (χ3n) is 3.42. The molecule has 0 aliphatic carbocycles. The van der Waals surface area contributed by atoms with Crippen LogP contribution >= 0.6 is 11.6 Å². The maximum absolute atomic E-state index is 12.7. The minimum absolute atomic E-state index is 0.00513. The predicted octanol–water partition coefficient (Wildman–Crippen LogP) is 2.08. The van der Waals surface area contributed by atoms with Crippen molar-refractivity contribution in [1.29, 1.82) is 0 Å². The van der Waals surface area contributed by atoms with Crippen LogP contribution in [0.1, 0.15) is 11.1 Å². The van der Waals surface area contributed by atoms with E-state index in [9.17, 15) is 22.8 Å². The van der Waals surface area contributed by atoms with Gasteiger partial charge in [0.15, 0.2) is 6.10 Å². The molecule has 0 spiro atoms. The summed E-state index contributed by atoms with van der Waals surface area (Å²) in [5.74, 6) is -1.16. The second-order valence-electron chi connectivity index (χ2n) is 5.11. The molecule has 1 aromatic rings. The van der Waals surface area contributed by atoms with Gasteiger partial charge in [0.2, 0.25) is 11.8 Å². The number of nitrogens with zero attached hydrogens (tertiary/aromatic N) is 1. The van der Waals surface area contributed by atoms with Crippen LogP contribution in [0.3, 0.4) is 0 Å². The van der Waals surface area contributed by atoms with E-state index >= 15 is 0 Å². The second kappa shape index (κ2) is 7.23. The number of halogens is 4. The molecule has 9 heteroatoms. The summed E-state index contributed by atoms with van der Waals surface area (Å²) in [4.78, 5) is 24.5. The van der Waals surface area contributed by atoms with Crippen LogP contribution in [0, 0.1) is 0 Å². The van der Waals surface area contributed by atoms with Crippen LogP contribution in [0.25, 0.3) is 6.08 Å². The van der Waals surface area contributed by atoms with Crippen molar-refractivity contribution in [2.75, 3.05) is 19.7 Å². The van der Waals surface area contributed by atoms with Crippen LogP contribution in [0.2, 0.25) is 5.02 Å². The first kappa shape index (κ1) is 18.3. The van der Waals surface area contributed by atoms with Crippen molar-refractivity contribution in [1.82, 2.24) is 4.90 Å². The van der Waals surface area contributed by atoms with Crippen LogP contribution in [0.15, 0.2) is 24.3 Å². The number of primary amides is 1. The first-order chi connectivity index (χ1) is 11.2. The fraction of sp³-hybridized carbons (Fsp3) is 0.333. The summed E-state index contributed by atoms with van der Waals surface area (Å²) in [6, 6.07) is 2.84. The minimum Gasteiger partial charge on any atom is -0.367 e. The lowest BCUT2D eigenvalue weighted by Crippen LogP contribution is -2.50. The Morgan fingerprint density at radius 1 is 1.38 bits per heavy atom. The zero-order chi connectivity index (χ0) is 17.9. The van der Waals surface area contributed by atoms with Crippen LogP contribution in [-0.4, -0.2) is 42.5 Å². The fourth-order valence-corrected chi connectivity index (χ4v) is 2.32. The molecular formula is C15H14ClF3N2O3. The number of amides is 2. The Balaban J connectivity index is 2.12. The van der Waals surface area contributed by atoms with E-state index in [-0.39, 0.29) is 30.3 Å². The molecule has 2 N–H and O–H groups in total. The smallest absolute Gasteiger partial charge is 0.367 e. The van der Waals surface area contributed by atoms with E-state index in [2.05, 4.69) is 0 Å². The number of morpholine rings is 1. The number of hydrogen-bond acceptors (Lipinski definition) is 3. The maximum Gasteiger partial charge on any atom is 0.416 e. The van der Waals surface area contributed by atoms with Gasteiger partial charge in [-0.15, -0.1) is 0 Å². The van der Waals surface area contributed by atoms with Gasteiger partial charge in [-0.3, -0.25) is 9.59 Å². The van der Waals surface area contributed by atoms with E-state index in [1.807, 2.05) is 0 Å². The highest BCUT2D eigenvalue weighted by Crippen LogP contribution is 2.32. The van der Waals surface area contributed by atoms with Crippen molar-refractivity contribution >= 4 is 29.5 Å². The molecule has 1 aromatic carbocycles. The first-order valence-electron chi connectivity index (χ1n) is 6.93. The predicted molar refractivity (Wildman–Crippen MR) is 81.0 cm³/mol. The molecule has 1 heterocycles. The van der Waals surface area contributed by atoms with Crippen LogP contribution in [0.4, 0.5) is 13.2 Å². The fourth-order valence-electron chi connectivity index (χ4n) is 2.14. The zero-order valence-corrected chi connectivity index (χ0v) is 13.1. The number of rotatable bonds is 3. The SMILES string of the molecule is NC(=O)C1CN(C(=O)C=Cc2cc(C(F)(F)F)ccc2Cl)CCO1. The third kappa shape index (κ3) is 4.48. The van der Waals surface area contributed by atoms with Crippen molar-refractivity contribution in [3.05, 3.63) is 40.4 Å². The van der Waals surface area contributed by atoms with Gasteiger partial charge in [0.25, 0.3) is 0 Å². The van der Waals surface area contributed by atoms with Crippen LogP contribution in [0.5, 0.6) is 0 Å². The van der Waals surface area contributed by atoms with Gasteiger partial charge < -0.3 is 15.4 Å². The lowest BCUT2D eigenvalue weighted by Gasteiger charge is -2.30. The Hall–Kier alpha value is -2.06. The van der Waals surface area contributed by atoms with Gasteiger partial charge in [0.05, 0.1) is 18.7 Å². The van der Waals surface area contributed by atoms with Gasteiger partial charge in [-0.25, -0.2) is 0 Å². The van der Waals surface area contributed by atoms with E-state index in [1.54, 1.807) is 0 Å². The molecule has 1 aliphatic heterocycles. The highest BCUT2D eigenvalue weighted by Gasteiger charge is 2.31. The lowest BCUT2D eigenvalue weighted by molar-refractivity contribution is -0.142. The molecule has 5 nitrogen and oxygen atoms in total. The molecule has 0 bridgehead atoms. The Labute approximate surface area is 140 Å². The van der Waals surface area contributed by atoms with Crippen molar-refractivity contribution < 1.29 is 27.5 Å². The molecule has 2 amide bonds. The summed E-state index contributed by atoms with van der Waals surface area (Å²) in [6.07, 6.45) is -3.09. The van der Waals surface area contributed by atoms with Gasteiger partial charge in [0.1, 0.15) is 0 Å². The van der Waals surface area contributed by atoms with E-state index in [0.29, 0.717) is 0 Å². The van der Waals surface area contributed by atoms with Crippen molar-refractivity contribution in [3.63, 3.8) is 0 Å². The van der Waals surface area contributed by atoms with Gasteiger partial charge in [0, 0.05) is 17.6 Å². The average Bonchev–Trinajstić information content (AvgIpc) is 2.52.